The highest BCUT2D eigenvalue weighted by Gasteiger charge is 2.13. The molecule has 0 aliphatic rings. The lowest BCUT2D eigenvalue weighted by molar-refractivity contribution is 0.502. The number of nitrogens with one attached hydrogen (secondary N) is 1. The maximum Gasteiger partial charge on any atom is 0.129 e. The lowest BCUT2D eigenvalue weighted by Crippen LogP contribution is -2.31. The third kappa shape index (κ3) is 5.49. The summed E-state index contributed by atoms with van der Waals surface area (Å²) in [7, 11) is 2.15. The summed E-state index contributed by atoms with van der Waals surface area (Å²) in [5.41, 5.74) is 2.42. The van der Waals surface area contributed by atoms with Crippen molar-refractivity contribution in [3.8, 4) is 0 Å². The van der Waals surface area contributed by atoms with Crippen LogP contribution in [0.4, 0.5) is 5.82 Å². The van der Waals surface area contributed by atoms with Gasteiger partial charge in [-0.15, -0.1) is 0 Å². The van der Waals surface area contributed by atoms with Crippen LogP contribution >= 0.6 is 0 Å². The zero-order valence-electron chi connectivity index (χ0n) is 14.0. The van der Waals surface area contributed by atoms with E-state index >= 15 is 0 Å². The molecule has 0 radical (unpaired) electrons. The summed E-state index contributed by atoms with van der Waals surface area (Å²) in [6, 6.07) is 4.90. The topological polar surface area (TPSA) is 28.2 Å². The van der Waals surface area contributed by atoms with Crippen LogP contribution in [0.2, 0.25) is 0 Å². The van der Waals surface area contributed by atoms with Crippen molar-refractivity contribution < 1.29 is 0 Å². The second-order valence-electron chi connectivity index (χ2n) is 6.24. The van der Waals surface area contributed by atoms with Crippen molar-refractivity contribution in [1.82, 2.24) is 10.3 Å². The van der Waals surface area contributed by atoms with E-state index in [0.717, 1.165) is 24.6 Å². The highest BCUT2D eigenvalue weighted by molar-refractivity contribution is 5.42. The SMILES string of the molecule is CCCNCc1cc(C)nc(N(C)C(C)CC(C)C)c1. The van der Waals surface area contributed by atoms with Gasteiger partial charge in [-0.1, -0.05) is 20.8 Å². The first kappa shape index (κ1) is 17.0. The second kappa shape index (κ2) is 8.25. The van der Waals surface area contributed by atoms with Crippen LogP contribution in [0.25, 0.3) is 0 Å². The van der Waals surface area contributed by atoms with Gasteiger partial charge in [0.05, 0.1) is 0 Å². The van der Waals surface area contributed by atoms with Gasteiger partial charge in [0, 0.05) is 25.3 Å². The summed E-state index contributed by atoms with van der Waals surface area (Å²) in [4.78, 5) is 6.99. The summed E-state index contributed by atoms with van der Waals surface area (Å²) in [6.45, 7) is 13.1. The third-order valence-electron chi connectivity index (χ3n) is 3.59. The number of rotatable bonds is 8. The van der Waals surface area contributed by atoms with E-state index in [2.05, 4.69) is 69.0 Å². The molecule has 0 fully saturated rings. The Morgan fingerprint density at radius 1 is 1.25 bits per heavy atom. The fourth-order valence-electron chi connectivity index (χ4n) is 2.48. The minimum absolute atomic E-state index is 0.515. The van der Waals surface area contributed by atoms with Crippen molar-refractivity contribution >= 4 is 5.82 Å². The molecule has 3 nitrogen and oxygen atoms in total. The van der Waals surface area contributed by atoms with E-state index in [0.29, 0.717) is 12.0 Å². The predicted octanol–water partition coefficient (Wildman–Crippen LogP) is 3.76. The fraction of sp³-hybridized carbons (Fsp3) is 0.706. The highest BCUT2D eigenvalue weighted by Crippen LogP contribution is 2.19. The molecule has 0 aliphatic carbocycles. The summed E-state index contributed by atoms with van der Waals surface area (Å²) in [5.74, 6) is 1.80. The molecule has 1 rings (SSSR count). The molecule has 1 unspecified atom stereocenters. The molecule has 0 bridgehead atoms. The van der Waals surface area contributed by atoms with Crippen molar-refractivity contribution in [1.29, 1.82) is 0 Å². The second-order valence-corrected chi connectivity index (χ2v) is 6.24. The van der Waals surface area contributed by atoms with Crippen LogP contribution in [0, 0.1) is 12.8 Å². The van der Waals surface area contributed by atoms with Gasteiger partial charge in [0.2, 0.25) is 0 Å². The molecule has 1 aromatic heterocycles. The Balaban J connectivity index is 2.78. The monoisotopic (exact) mass is 277 g/mol. The van der Waals surface area contributed by atoms with Crippen LogP contribution < -0.4 is 10.2 Å². The van der Waals surface area contributed by atoms with E-state index in [-0.39, 0.29) is 0 Å². The number of anilines is 1. The van der Waals surface area contributed by atoms with Crippen LogP contribution in [0.15, 0.2) is 12.1 Å². The van der Waals surface area contributed by atoms with E-state index in [4.69, 9.17) is 0 Å². The van der Waals surface area contributed by atoms with Crippen molar-refractivity contribution in [3.63, 3.8) is 0 Å². The van der Waals surface area contributed by atoms with Crippen molar-refractivity contribution in [2.75, 3.05) is 18.5 Å². The molecule has 0 spiro atoms. The molecule has 0 aliphatic heterocycles. The zero-order chi connectivity index (χ0) is 15.1. The molecular formula is C17H31N3. The Morgan fingerprint density at radius 3 is 2.55 bits per heavy atom. The third-order valence-corrected chi connectivity index (χ3v) is 3.59. The summed E-state index contributed by atoms with van der Waals surface area (Å²) >= 11 is 0. The minimum atomic E-state index is 0.515. The van der Waals surface area contributed by atoms with Crippen LogP contribution in [0.5, 0.6) is 0 Å². The zero-order valence-corrected chi connectivity index (χ0v) is 14.0. The van der Waals surface area contributed by atoms with Gasteiger partial charge in [0.25, 0.3) is 0 Å². The van der Waals surface area contributed by atoms with Gasteiger partial charge in [-0.05, 0) is 56.8 Å². The van der Waals surface area contributed by atoms with Gasteiger partial charge in [-0.2, -0.15) is 0 Å². The van der Waals surface area contributed by atoms with E-state index < -0.39 is 0 Å². The Labute approximate surface area is 124 Å². The lowest BCUT2D eigenvalue weighted by Gasteiger charge is -2.28. The summed E-state index contributed by atoms with van der Waals surface area (Å²) < 4.78 is 0. The number of hydrogen-bond acceptors (Lipinski definition) is 3. The van der Waals surface area contributed by atoms with Gasteiger partial charge in [-0.3, -0.25) is 0 Å². The minimum Gasteiger partial charge on any atom is -0.357 e. The molecule has 20 heavy (non-hydrogen) atoms. The first-order valence-electron chi connectivity index (χ1n) is 7.85. The van der Waals surface area contributed by atoms with E-state index in [1.54, 1.807) is 0 Å². The number of nitrogens with zero attached hydrogens (tertiary/aromatic N) is 2. The molecular weight excluding hydrogens is 246 g/mol. The maximum atomic E-state index is 4.69. The molecule has 114 valence electrons. The smallest absolute Gasteiger partial charge is 0.129 e. The van der Waals surface area contributed by atoms with Gasteiger partial charge >= 0.3 is 0 Å². The normalized spacial score (nSPS) is 12.8. The van der Waals surface area contributed by atoms with E-state index in [1.807, 2.05) is 0 Å². The maximum absolute atomic E-state index is 4.69. The molecule has 1 N–H and O–H groups in total. The Bertz CT molecular complexity index is 401. The fourth-order valence-corrected chi connectivity index (χ4v) is 2.48. The van der Waals surface area contributed by atoms with Crippen LogP contribution in [-0.4, -0.2) is 24.6 Å². The quantitative estimate of drug-likeness (QED) is 0.733. The largest absolute Gasteiger partial charge is 0.357 e. The highest BCUT2D eigenvalue weighted by atomic mass is 15.2. The van der Waals surface area contributed by atoms with Gasteiger partial charge in [0.15, 0.2) is 0 Å². The number of aromatic nitrogens is 1. The van der Waals surface area contributed by atoms with Crippen molar-refractivity contribution in [2.24, 2.45) is 5.92 Å². The molecule has 0 saturated heterocycles. The molecule has 0 amide bonds. The van der Waals surface area contributed by atoms with Gasteiger partial charge in [0.1, 0.15) is 5.82 Å². The molecule has 3 heteroatoms. The van der Waals surface area contributed by atoms with Crippen LogP contribution in [0.3, 0.4) is 0 Å². The number of aryl methyl sites for hydroxylation is 1. The average molecular weight is 277 g/mol. The van der Waals surface area contributed by atoms with Gasteiger partial charge in [-0.25, -0.2) is 4.98 Å². The van der Waals surface area contributed by atoms with Crippen LogP contribution in [0.1, 0.15) is 51.8 Å². The molecule has 1 heterocycles. The summed E-state index contributed by atoms with van der Waals surface area (Å²) in [5, 5.41) is 3.46. The van der Waals surface area contributed by atoms with E-state index in [1.165, 1.54) is 18.4 Å². The summed E-state index contributed by atoms with van der Waals surface area (Å²) in [6.07, 6.45) is 2.36. The number of hydrogen-bond donors (Lipinski definition) is 1. The number of pyridine rings is 1. The van der Waals surface area contributed by atoms with Crippen LogP contribution in [-0.2, 0) is 6.54 Å². The Morgan fingerprint density at radius 2 is 1.95 bits per heavy atom. The van der Waals surface area contributed by atoms with Gasteiger partial charge < -0.3 is 10.2 Å². The predicted molar refractivity (Wildman–Crippen MR) is 88.3 cm³/mol. The Hall–Kier alpha value is -1.09. The average Bonchev–Trinajstić information content (AvgIpc) is 2.36. The molecule has 1 atom stereocenters. The molecule has 0 aromatic carbocycles. The molecule has 1 aromatic rings. The first-order valence-corrected chi connectivity index (χ1v) is 7.85. The first-order chi connectivity index (χ1) is 9.43. The van der Waals surface area contributed by atoms with E-state index in [9.17, 15) is 0 Å². The van der Waals surface area contributed by atoms with Crippen molar-refractivity contribution in [3.05, 3.63) is 23.4 Å². The Kier molecular flexibility index (Phi) is 7.00. The standard InChI is InChI=1S/C17H31N3/c1-7-8-18-12-16-10-14(4)19-17(11-16)20(6)15(5)9-13(2)3/h10-11,13,15,18H,7-9,12H2,1-6H3. The van der Waals surface area contributed by atoms with Crippen molar-refractivity contribution in [2.45, 2.75) is 60.0 Å². The lowest BCUT2D eigenvalue weighted by atomic mass is 10.0. The molecule has 0 saturated carbocycles.